The quantitative estimate of drug-likeness (QED) is 0.772. The normalized spacial score (nSPS) is 14.8. The number of benzene rings is 2. The minimum Gasteiger partial charge on any atom is -0.367 e. The van der Waals surface area contributed by atoms with Gasteiger partial charge in [0.15, 0.2) is 5.78 Å². The van der Waals surface area contributed by atoms with Gasteiger partial charge in [0.2, 0.25) is 5.91 Å². The predicted molar refractivity (Wildman–Crippen MR) is 110 cm³/mol. The molecule has 0 aromatic heterocycles. The van der Waals surface area contributed by atoms with Crippen LogP contribution in [-0.2, 0) is 4.79 Å². The van der Waals surface area contributed by atoms with Gasteiger partial charge in [0.25, 0.3) is 0 Å². The number of piperazine rings is 1. The Bertz CT molecular complexity index is 895. The number of aryl methyl sites for hydroxylation is 1. The molecule has 1 fully saturated rings. The lowest BCUT2D eigenvalue weighted by molar-refractivity contribution is -0.117. The van der Waals surface area contributed by atoms with Crippen molar-refractivity contribution in [3.05, 3.63) is 58.4 Å². The van der Waals surface area contributed by atoms with Gasteiger partial charge in [-0.1, -0.05) is 17.7 Å². The molecule has 0 unspecified atom stereocenters. The summed E-state index contributed by atoms with van der Waals surface area (Å²) in [5, 5.41) is 3.35. The van der Waals surface area contributed by atoms with Crippen LogP contribution in [0.2, 0.25) is 5.02 Å². The van der Waals surface area contributed by atoms with Crippen molar-refractivity contribution >= 4 is 34.7 Å². The third-order valence-corrected chi connectivity index (χ3v) is 5.15. The minimum absolute atomic E-state index is 0.129. The molecule has 0 atom stereocenters. The molecular formula is C21H23ClFN3O2. The van der Waals surface area contributed by atoms with Crippen molar-refractivity contribution in [1.82, 2.24) is 4.90 Å². The van der Waals surface area contributed by atoms with Crippen LogP contribution in [0.4, 0.5) is 15.8 Å². The van der Waals surface area contributed by atoms with Crippen LogP contribution >= 0.6 is 11.6 Å². The lowest BCUT2D eigenvalue weighted by atomic mass is 10.1. The number of rotatable bonds is 5. The zero-order valence-electron chi connectivity index (χ0n) is 16.0. The Balaban J connectivity index is 1.54. The third kappa shape index (κ3) is 4.88. The number of nitrogens with one attached hydrogen (secondary N) is 1. The Labute approximate surface area is 169 Å². The smallest absolute Gasteiger partial charge is 0.238 e. The fourth-order valence-corrected chi connectivity index (χ4v) is 3.53. The van der Waals surface area contributed by atoms with Crippen molar-refractivity contribution < 1.29 is 14.0 Å². The molecule has 7 heteroatoms. The summed E-state index contributed by atoms with van der Waals surface area (Å²) in [4.78, 5) is 27.6. The fraction of sp³-hybridized carbons (Fsp3) is 0.333. The van der Waals surface area contributed by atoms with E-state index in [4.69, 9.17) is 11.6 Å². The van der Waals surface area contributed by atoms with Gasteiger partial charge < -0.3 is 10.2 Å². The molecule has 1 amide bonds. The number of carbonyl (C=O) groups is 2. The van der Waals surface area contributed by atoms with E-state index < -0.39 is 5.82 Å². The molecule has 1 aliphatic heterocycles. The van der Waals surface area contributed by atoms with E-state index in [1.54, 1.807) is 18.2 Å². The number of carbonyl (C=O) groups excluding carboxylic acids is 2. The molecule has 1 heterocycles. The topological polar surface area (TPSA) is 52.7 Å². The minimum atomic E-state index is -0.395. The van der Waals surface area contributed by atoms with E-state index in [-0.39, 0.29) is 18.2 Å². The van der Waals surface area contributed by atoms with Crippen LogP contribution in [0, 0.1) is 12.7 Å². The lowest BCUT2D eigenvalue weighted by Gasteiger charge is -2.35. The van der Waals surface area contributed by atoms with Gasteiger partial charge in [-0.2, -0.15) is 0 Å². The molecule has 3 rings (SSSR count). The molecule has 0 spiro atoms. The van der Waals surface area contributed by atoms with Crippen LogP contribution in [0.1, 0.15) is 22.8 Å². The number of halogens is 2. The summed E-state index contributed by atoms with van der Waals surface area (Å²) in [6.07, 6.45) is 0. The van der Waals surface area contributed by atoms with Crippen LogP contribution in [0.25, 0.3) is 0 Å². The van der Waals surface area contributed by atoms with Gasteiger partial charge in [-0.15, -0.1) is 0 Å². The lowest BCUT2D eigenvalue weighted by Crippen LogP contribution is -2.49. The molecule has 1 N–H and O–H groups in total. The maximum atomic E-state index is 14.3. The van der Waals surface area contributed by atoms with E-state index in [0.717, 1.165) is 5.56 Å². The highest BCUT2D eigenvalue weighted by molar-refractivity contribution is 6.33. The van der Waals surface area contributed by atoms with Gasteiger partial charge in [0.1, 0.15) is 5.82 Å². The van der Waals surface area contributed by atoms with Crippen LogP contribution in [0.15, 0.2) is 36.4 Å². The summed E-state index contributed by atoms with van der Waals surface area (Å²) in [7, 11) is 0. The Kier molecular flexibility index (Phi) is 6.31. The fourth-order valence-electron chi connectivity index (χ4n) is 3.24. The number of hydrogen-bond acceptors (Lipinski definition) is 4. The number of amides is 1. The number of nitrogens with zero attached hydrogens (tertiary/aromatic N) is 2. The predicted octanol–water partition coefficient (Wildman–Crippen LogP) is 3.75. The summed E-state index contributed by atoms with van der Waals surface area (Å²) in [5.74, 6) is -0.681. The molecule has 1 aliphatic rings. The molecule has 0 bridgehead atoms. The van der Waals surface area contributed by atoms with Gasteiger partial charge in [0.05, 0.1) is 22.9 Å². The third-order valence-electron chi connectivity index (χ3n) is 4.83. The molecule has 0 aliphatic carbocycles. The number of anilines is 2. The van der Waals surface area contributed by atoms with Crippen LogP contribution in [-0.4, -0.2) is 49.3 Å². The SMILES string of the molecule is CC(=O)c1ccc(N2CCN(CC(=O)Nc3ccc(C)cc3Cl)CC2)c(F)c1. The second-order valence-electron chi connectivity index (χ2n) is 7.02. The van der Waals surface area contributed by atoms with Crippen LogP contribution in [0.5, 0.6) is 0 Å². The summed E-state index contributed by atoms with van der Waals surface area (Å²) in [6.45, 7) is 6.11. The van der Waals surface area contributed by atoms with E-state index in [1.807, 2.05) is 28.9 Å². The van der Waals surface area contributed by atoms with E-state index in [9.17, 15) is 14.0 Å². The number of ketones is 1. The Morgan fingerprint density at radius 1 is 1.11 bits per heavy atom. The monoisotopic (exact) mass is 403 g/mol. The largest absolute Gasteiger partial charge is 0.367 e. The van der Waals surface area contributed by atoms with Gasteiger partial charge in [-0.25, -0.2) is 4.39 Å². The van der Waals surface area contributed by atoms with Crippen molar-refractivity contribution in [1.29, 1.82) is 0 Å². The summed E-state index contributed by atoms with van der Waals surface area (Å²) >= 11 is 6.16. The second-order valence-corrected chi connectivity index (χ2v) is 7.42. The maximum Gasteiger partial charge on any atom is 0.238 e. The van der Waals surface area contributed by atoms with Crippen LogP contribution in [0.3, 0.4) is 0 Å². The highest BCUT2D eigenvalue weighted by Gasteiger charge is 2.21. The summed E-state index contributed by atoms with van der Waals surface area (Å²) < 4.78 is 14.3. The number of hydrogen-bond donors (Lipinski definition) is 1. The zero-order valence-corrected chi connectivity index (χ0v) is 16.7. The van der Waals surface area contributed by atoms with Gasteiger partial charge in [0, 0.05) is 31.7 Å². The van der Waals surface area contributed by atoms with Crippen molar-refractivity contribution in [2.75, 3.05) is 42.9 Å². The molecule has 28 heavy (non-hydrogen) atoms. The van der Waals surface area contributed by atoms with Crippen LogP contribution < -0.4 is 10.2 Å². The molecule has 2 aromatic rings. The highest BCUT2D eigenvalue weighted by atomic mass is 35.5. The van der Waals surface area contributed by atoms with E-state index in [1.165, 1.54) is 13.0 Å². The first-order chi connectivity index (χ1) is 13.3. The Hall–Kier alpha value is -2.44. The molecule has 1 saturated heterocycles. The first-order valence-corrected chi connectivity index (χ1v) is 9.55. The molecule has 2 aromatic carbocycles. The van der Waals surface area contributed by atoms with E-state index in [0.29, 0.717) is 48.1 Å². The maximum absolute atomic E-state index is 14.3. The summed E-state index contributed by atoms with van der Waals surface area (Å²) in [5.41, 5.74) is 2.48. The molecule has 0 radical (unpaired) electrons. The van der Waals surface area contributed by atoms with Crippen molar-refractivity contribution in [3.63, 3.8) is 0 Å². The molecular weight excluding hydrogens is 381 g/mol. The van der Waals surface area contributed by atoms with Crippen molar-refractivity contribution in [3.8, 4) is 0 Å². The highest BCUT2D eigenvalue weighted by Crippen LogP contribution is 2.24. The average Bonchev–Trinajstić information content (AvgIpc) is 2.65. The molecule has 5 nitrogen and oxygen atoms in total. The Morgan fingerprint density at radius 3 is 2.43 bits per heavy atom. The molecule has 148 valence electrons. The average molecular weight is 404 g/mol. The van der Waals surface area contributed by atoms with Gasteiger partial charge in [-0.05, 0) is 49.7 Å². The first kappa shape index (κ1) is 20.3. The Morgan fingerprint density at radius 2 is 1.82 bits per heavy atom. The standard InChI is InChI=1S/C21H23ClFN3O2/c1-14-3-5-19(17(22)11-14)24-21(28)13-25-7-9-26(10-8-25)20-6-4-16(15(2)27)12-18(20)23/h3-6,11-12H,7-10,13H2,1-2H3,(H,24,28). The van der Waals surface area contributed by atoms with E-state index >= 15 is 0 Å². The van der Waals surface area contributed by atoms with Crippen molar-refractivity contribution in [2.45, 2.75) is 13.8 Å². The van der Waals surface area contributed by atoms with E-state index in [2.05, 4.69) is 5.32 Å². The van der Waals surface area contributed by atoms with Gasteiger partial charge in [-0.3, -0.25) is 14.5 Å². The first-order valence-electron chi connectivity index (χ1n) is 9.17. The van der Waals surface area contributed by atoms with Crippen molar-refractivity contribution in [2.24, 2.45) is 0 Å². The van der Waals surface area contributed by atoms with Gasteiger partial charge >= 0.3 is 0 Å². The number of Topliss-reactive ketones (excluding diaryl/α,β-unsaturated/α-hetero) is 1. The second kappa shape index (κ2) is 8.71. The summed E-state index contributed by atoms with van der Waals surface area (Å²) in [6, 6.07) is 10.1. The molecule has 0 saturated carbocycles. The zero-order chi connectivity index (χ0) is 20.3.